The van der Waals surface area contributed by atoms with Crippen molar-refractivity contribution in [2.45, 2.75) is 19.9 Å². The molecule has 0 N–H and O–H groups in total. The topological polar surface area (TPSA) is 100 Å². The van der Waals surface area contributed by atoms with Gasteiger partial charge in [-0.2, -0.15) is 0 Å². The number of ether oxygens (including phenoxy) is 2. The van der Waals surface area contributed by atoms with Crippen molar-refractivity contribution in [1.82, 2.24) is 4.57 Å². The van der Waals surface area contributed by atoms with Crippen LogP contribution in [0.25, 0.3) is 28.2 Å². The highest BCUT2D eigenvalue weighted by Gasteiger charge is 2.34. The third kappa shape index (κ3) is 5.11. The molecule has 0 spiro atoms. The van der Waals surface area contributed by atoms with Crippen molar-refractivity contribution in [3.8, 4) is 11.3 Å². The lowest BCUT2D eigenvalue weighted by Gasteiger charge is -2.25. The van der Waals surface area contributed by atoms with E-state index in [1.165, 1.54) is 18.4 Å². The van der Waals surface area contributed by atoms with Gasteiger partial charge >= 0.3 is 11.9 Å². The first-order chi connectivity index (χ1) is 20.8. The van der Waals surface area contributed by atoms with E-state index < -0.39 is 18.0 Å². The van der Waals surface area contributed by atoms with Crippen molar-refractivity contribution in [2.24, 2.45) is 4.99 Å². The van der Waals surface area contributed by atoms with Crippen molar-refractivity contribution in [2.75, 3.05) is 13.7 Å². The second kappa shape index (κ2) is 11.5. The first kappa shape index (κ1) is 28.4. The summed E-state index contributed by atoms with van der Waals surface area (Å²) < 4.78 is 18.2. The molecule has 6 rings (SSSR count). The van der Waals surface area contributed by atoms with E-state index in [0.29, 0.717) is 37.7 Å². The molecular weight excluding hydrogens is 588 g/mol. The van der Waals surface area contributed by atoms with E-state index in [1.54, 1.807) is 54.8 Å². The fraction of sp³-hybridized carbons (Fsp3) is 0.152. The predicted molar refractivity (Wildman–Crippen MR) is 165 cm³/mol. The monoisotopic (exact) mass is 612 g/mol. The Hall–Kier alpha value is -4.73. The molecule has 0 aliphatic carbocycles. The highest BCUT2D eigenvalue weighted by Crippen LogP contribution is 2.35. The second-order valence-electron chi connectivity index (χ2n) is 9.76. The molecule has 216 valence electrons. The first-order valence-electron chi connectivity index (χ1n) is 13.5. The Morgan fingerprint density at radius 3 is 2.65 bits per heavy atom. The summed E-state index contributed by atoms with van der Waals surface area (Å²) in [5.41, 5.74) is 2.14. The molecule has 2 aromatic heterocycles. The van der Waals surface area contributed by atoms with Gasteiger partial charge in [-0.1, -0.05) is 65.4 Å². The fourth-order valence-electron chi connectivity index (χ4n) is 5.23. The van der Waals surface area contributed by atoms with Gasteiger partial charge in [0.2, 0.25) is 0 Å². The summed E-state index contributed by atoms with van der Waals surface area (Å²) in [5.74, 6) is -0.160. The van der Waals surface area contributed by atoms with Crippen molar-refractivity contribution >= 4 is 51.7 Å². The van der Waals surface area contributed by atoms with Gasteiger partial charge in [0.25, 0.3) is 5.56 Å². The number of methoxy groups -OCH3 is 1. The lowest BCUT2D eigenvalue weighted by atomic mass is 9.91. The number of furan rings is 1. The Balaban J connectivity index is 1.49. The average molecular weight is 613 g/mol. The lowest BCUT2D eigenvalue weighted by Crippen LogP contribution is -2.40. The Kier molecular flexibility index (Phi) is 7.60. The van der Waals surface area contributed by atoms with E-state index >= 15 is 0 Å². The fourth-order valence-corrected chi connectivity index (χ4v) is 6.46. The van der Waals surface area contributed by atoms with Gasteiger partial charge in [-0.25, -0.2) is 14.6 Å². The molecule has 43 heavy (non-hydrogen) atoms. The predicted octanol–water partition coefficient (Wildman–Crippen LogP) is 5.65. The van der Waals surface area contributed by atoms with Crippen LogP contribution in [0.4, 0.5) is 0 Å². The minimum atomic E-state index is -0.735. The van der Waals surface area contributed by atoms with E-state index in [9.17, 15) is 14.4 Å². The van der Waals surface area contributed by atoms with Crippen molar-refractivity contribution in [1.29, 1.82) is 0 Å². The lowest BCUT2D eigenvalue weighted by molar-refractivity contribution is -0.139. The molecule has 10 heteroatoms. The quantitative estimate of drug-likeness (QED) is 0.230. The van der Waals surface area contributed by atoms with Crippen molar-refractivity contribution in [3.63, 3.8) is 0 Å². The minimum absolute atomic E-state index is 0.192. The van der Waals surface area contributed by atoms with Crippen LogP contribution in [0, 0.1) is 0 Å². The summed E-state index contributed by atoms with van der Waals surface area (Å²) in [4.78, 5) is 44.5. The number of nitrogens with zero attached hydrogens (tertiary/aromatic N) is 2. The smallest absolute Gasteiger partial charge is 0.339 e. The number of halogens is 1. The zero-order chi connectivity index (χ0) is 30.2. The first-order valence-corrected chi connectivity index (χ1v) is 14.7. The molecule has 5 aromatic rings. The molecule has 0 unspecified atom stereocenters. The molecule has 0 bridgehead atoms. The van der Waals surface area contributed by atoms with E-state index in [2.05, 4.69) is 4.99 Å². The Morgan fingerprint density at radius 2 is 1.86 bits per heavy atom. The van der Waals surface area contributed by atoms with Gasteiger partial charge in [-0.15, -0.1) is 0 Å². The molecular formula is C33H25ClN2O6S. The number of allylic oxidation sites excluding steroid dienone is 1. The largest absolute Gasteiger partial charge is 0.465 e. The van der Waals surface area contributed by atoms with Crippen LogP contribution in [0.1, 0.15) is 41.6 Å². The molecule has 3 heterocycles. The number of hydrogen-bond acceptors (Lipinski definition) is 8. The molecule has 3 aromatic carbocycles. The highest BCUT2D eigenvalue weighted by molar-refractivity contribution is 7.07. The second-order valence-corrected chi connectivity index (χ2v) is 11.2. The number of carbonyl (C=O) groups excluding carboxylic acids is 2. The zero-order valence-electron chi connectivity index (χ0n) is 23.4. The van der Waals surface area contributed by atoms with Crippen LogP contribution < -0.4 is 14.9 Å². The standard InChI is InChI=1S/C33H25ClN2O6S/c1-4-41-32(39)28-18(2)35-33-36(29(28)23-11-7-9-19-8-5-6-10-22(19)23)30(37)27(43-33)17-21-13-15-26(42-21)20-12-14-25(34)24(16-20)31(38)40-3/h5-17,29H,4H2,1-3H3/b27-17-/t29-/m1/s1. The van der Waals surface area contributed by atoms with Crippen molar-refractivity contribution < 1.29 is 23.5 Å². The molecule has 1 atom stereocenters. The van der Waals surface area contributed by atoms with Gasteiger partial charge in [0.1, 0.15) is 11.5 Å². The van der Waals surface area contributed by atoms with Crippen LogP contribution in [-0.2, 0) is 14.3 Å². The molecule has 1 aliphatic rings. The number of aromatic nitrogens is 1. The summed E-state index contributed by atoms with van der Waals surface area (Å²) in [6.07, 6.45) is 1.65. The van der Waals surface area contributed by atoms with Crippen LogP contribution in [-0.4, -0.2) is 30.2 Å². The van der Waals surface area contributed by atoms with Gasteiger partial charge in [0, 0.05) is 11.6 Å². The molecule has 0 saturated heterocycles. The zero-order valence-corrected chi connectivity index (χ0v) is 25.0. The van der Waals surface area contributed by atoms with Gasteiger partial charge in [0.15, 0.2) is 4.80 Å². The summed E-state index contributed by atoms with van der Waals surface area (Å²) in [7, 11) is 1.29. The van der Waals surface area contributed by atoms with Crippen LogP contribution in [0.15, 0.2) is 98.3 Å². The van der Waals surface area contributed by atoms with Crippen molar-refractivity contribution in [3.05, 3.63) is 126 Å². The van der Waals surface area contributed by atoms with Crippen LogP contribution >= 0.6 is 22.9 Å². The maximum Gasteiger partial charge on any atom is 0.339 e. The molecule has 1 aliphatic heterocycles. The van der Waals surface area contributed by atoms with E-state index in [0.717, 1.165) is 16.3 Å². The Bertz CT molecular complexity index is 2130. The number of hydrogen-bond donors (Lipinski definition) is 0. The van der Waals surface area contributed by atoms with Crippen LogP contribution in [0.5, 0.6) is 0 Å². The Morgan fingerprint density at radius 1 is 1.07 bits per heavy atom. The normalized spacial score (nSPS) is 14.9. The summed E-state index contributed by atoms with van der Waals surface area (Å²) in [6.45, 7) is 3.70. The summed E-state index contributed by atoms with van der Waals surface area (Å²) >= 11 is 7.38. The van der Waals surface area contributed by atoms with Gasteiger partial charge in [0.05, 0.1) is 46.1 Å². The number of esters is 2. The SMILES string of the molecule is CCOC(=O)C1=C(C)N=c2s/c(=C\c3ccc(-c4ccc(Cl)c(C(=O)OC)c4)o3)c(=O)n2[C@@H]1c1cccc2ccccc12. The third-order valence-corrected chi connectivity index (χ3v) is 8.50. The number of benzene rings is 3. The average Bonchev–Trinajstić information content (AvgIpc) is 3.60. The molecule has 0 saturated carbocycles. The highest BCUT2D eigenvalue weighted by atomic mass is 35.5. The number of carbonyl (C=O) groups is 2. The maximum absolute atomic E-state index is 14.0. The van der Waals surface area contributed by atoms with E-state index in [4.69, 9.17) is 25.5 Å². The minimum Gasteiger partial charge on any atom is -0.465 e. The molecule has 0 fully saturated rings. The molecule has 0 radical (unpaired) electrons. The van der Waals surface area contributed by atoms with Crippen LogP contribution in [0.3, 0.4) is 0 Å². The molecule has 8 nitrogen and oxygen atoms in total. The van der Waals surface area contributed by atoms with E-state index in [-0.39, 0.29) is 22.8 Å². The molecule has 0 amide bonds. The van der Waals surface area contributed by atoms with E-state index in [1.807, 2.05) is 42.5 Å². The Labute approximate surface area is 254 Å². The van der Waals surface area contributed by atoms with Gasteiger partial charge in [-0.3, -0.25) is 9.36 Å². The summed E-state index contributed by atoms with van der Waals surface area (Å²) in [5, 5.41) is 2.17. The number of fused-ring (bicyclic) bond motifs is 2. The number of thiazole rings is 1. The number of rotatable bonds is 6. The van der Waals surface area contributed by atoms with Crippen LogP contribution in [0.2, 0.25) is 5.02 Å². The van der Waals surface area contributed by atoms with Gasteiger partial charge in [-0.05, 0) is 60.5 Å². The van der Waals surface area contributed by atoms with Gasteiger partial charge < -0.3 is 13.9 Å². The third-order valence-electron chi connectivity index (χ3n) is 7.19. The maximum atomic E-state index is 14.0. The summed E-state index contributed by atoms with van der Waals surface area (Å²) in [6, 6.07) is 21.3.